The minimum Gasteiger partial charge on any atom is -0.462 e. The van der Waals surface area contributed by atoms with E-state index in [0.717, 1.165) is 70.6 Å². The predicted molar refractivity (Wildman–Crippen MR) is 335 cm³/mol. The number of rotatable bonds is 63. The SMILES string of the molecule is CCCCCCC/C=C\C/C=C\C/C=C\CCCCCCCCCCCCC(=O)OCC(COC(=O)CCCCCCCCCCCCCCCCCCC)OC(=O)CCCCCCCCC/C=C\CCCCCCCC. The van der Waals surface area contributed by atoms with E-state index in [2.05, 4.69) is 69.4 Å². The Morgan fingerprint density at radius 1 is 0.260 bits per heavy atom. The van der Waals surface area contributed by atoms with Crippen molar-refractivity contribution in [2.45, 2.75) is 374 Å². The van der Waals surface area contributed by atoms with Gasteiger partial charge in [-0.25, -0.2) is 0 Å². The molecule has 0 spiro atoms. The highest BCUT2D eigenvalue weighted by Gasteiger charge is 2.19. The zero-order chi connectivity index (χ0) is 55.7. The molecule has 77 heavy (non-hydrogen) atoms. The molecule has 0 aliphatic rings. The summed E-state index contributed by atoms with van der Waals surface area (Å²) in [6.45, 7) is 6.68. The maximum atomic E-state index is 12.9. The molecule has 6 heteroatoms. The van der Waals surface area contributed by atoms with Crippen LogP contribution in [-0.4, -0.2) is 37.2 Å². The van der Waals surface area contributed by atoms with Crippen molar-refractivity contribution in [3.05, 3.63) is 48.6 Å². The molecule has 0 aromatic carbocycles. The first-order valence-corrected chi connectivity index (χ1v) is 34.1. The molecule has 1 atom stereocenters. The molecule has 450 valence electrons. The number of unbranched alkanes of at least 4 members (excludes halogenated alkanes) is 44. The highest BCUT2D eigenvalue weighted by Crippen LogP contribution is 2.18. The molecule has 1 unspecified atom stereocenters. The second kappa shape index (κ2) is 65.9. The Labute approximate surface area is 479 Å². The van der Waals surface area contributed by atoms with Gasteiger partial charge in [0, 0.05) is 19.3 Å². The molecule has 6 nitrogen and oxygen atoms in total. The van der Waals surface area contributed by atoms with Gasteiger partial charge in [-0.2, -0.15) is 0 Å². The quantitative estimate of drug-likeness (QED) is 0.0261. The van der Waals surface area contributed by atoms with Crippen LogP contribution in [0.4, 0.5) is 0 Å². The van der Waals surface area contributed by atoms with E-state index in [1.54, 1.807) is 0 Å². The molecular weight excluding hydrogens is 949 g/mol. The van der Waals surface area contributed by atoms with E-state index < -0.39 is 6.10 Å². The third kappa shape index (κ3) is 64.1. The number of hydrogen-bond acceptors (Lipinski definition) is 6. The van der Waals surface area contributed by atoms with Crippen LogP contribution in [0.1, 0.15) is 367 Å². The normalized spacial score (nSPS) is 12.3. The van der Waals surface area contributed by atoms with Crippen LogP contribution in [0.25, 0.3) is 0 Å². The molecule has 0 aliphatic carbocycles. The Balaban J connectivity index is 4.31. The van der Waals surface area contributed by atoms with Gasteiger partial charge in [0.2, 0.25) is 0 Å². The van der Waals surface area contributed by atoms with Gasteiger partial charge >= 0.3 is 17.9 Å². The van der Waals surface area contributed by atoms with E-state index in [4.69, 9.17) is 14.2 Å². The Morgan fingerprint density at radius 3 is 0.740 bits per heavy atom. The lowest BCUT2D eigenvalue weighted by molar-refractivity contribution is -0.167. The molecule has 0 N–H and O–H groups in total. The summed E-state index contributed by atoms with van der Waals surface area (Å²) in [6.07, 6.45) is 82.6. The first-order valence-electron chi connectivity index (χ1n) is 34.1. The van der Waals surface area contributed by atoms with Crippen molar-refractivity contribution in [3.8, 4) is 0 Å². The Bertz CT molecular complexity index is 1330. The third-order valence-corrected chi connectivity index (χ3v) is 15.3. The fourth-order valence-corrected chi connectivity index (χ4v) is 10.2. The fraction of sp³-hybridized carbons (Fsp3) is 0.845. The Morgan fingerprint density at radius 2 is 0.468 bits per heavy atom. The van der Waals surface area contributed by atoms with Crippen molar-refractivity contribution < 1.29 is 28.6 Å². The van der Waals surface area contributed by atoms with E-state index in [-0.39, 0.29) is 31.1 Å². The second-order valence-electron chi connectivity index (χ2n) is 23.1. The summed E-state index contributed by atoms with van der Waals surface area (Å²) >= 11 is 0. The maximum Gasteiger partial charge on any atom is 0.306 e. The lowest BCUT2D eigenvalue weighted by Gasteiger charge is -2.18. The summed E-state index contributed by atoms with van der Waals surface area (Å²) in [5.74, 6) is -0.855. The van der Waals surface area contributed by atoms with E-state index in [9.17, 15) is 14.4 Å². The maximum absolute atomic E-state index is 12.9. The van der Waals surface area contributed by atoms with E-state index >= 15 is 0 Å². The van der Waals surface area contributed by atoms with Gasteiger partial charge in [0.15, 0.2) is 6.10 Å². The fourth-order valence-electron chi connectivity index (χ4n) is 10.2. The smallest absolute Gasteiger partial charge is 0.306 e. The van der Waals surface area contributed by atoms with Crippen LogP contribution in [0.15, 0.2) is 48.6 Å². The zero-order valence-electron chi connectivity index (χ0n) is 51.7. The first-order chi connectivity index (χ1) is 38.0. The van der Waals surface area contributed by atoms with Crippen LogP contribution < -0.4 is 0 Å². The van der Waals surface area contributed by atoms with Crippen LogP contribution in [0.2, 0.25) is 0 Å². The second-order valence-corrected chi connectivity index (χ2v) is 23.1. The van der Waals surface area contributed by atoms with Crippen molar-refractivity contribution in [2.24, 2.45) is 0 Å². The highest BCUT2D eigenvalue weighted by molar-refractivity contribution is 5.71. The molecule has 0 aromatic heterocycles. The highest BCUT2D eigenvalue weighted by atomic mass is 16.6. The summed E-state index contributed by atoms with van der Waals surface area (Å²) in [4.78, 5) is 38.4. The zero-order valence-corrected chi connectivity index (χ0v) is 51.7. The summed E-state index contributed by atoms with van der Waals surface area (Å²) in [7, 11) is 0. The van der Waals surface area contributed by atoms with Gasteiger partial charge in [-0.3, -0.25) is 14.4 Å². The number of carbonyl (C=O) groups is 3. The molecule has 0 radical (unpaired) electrons. The summed E-state index contributed by atoms with van der Waals surface area (Å²) < 4.78 is 17.0. The Kier molecular flexibility index (Phi) is 63.6. The van der Waals surface area contributed by atoms with E-state index in [1.165, 1.54) is 257 Å². The third-order valence-electron chi connectivity index (χ3n) is 15.3. The van der Waals surface area contributed by atoms with Crippen LogP contribution in [-0.2, 0) is 28.6 Å². The molecular formula is C71H130O6. The molecule has 0 saturated heterocycles. The van der Waals surface area contributed by atoms with E-state index in [1.807, 2.05) is 0 Å². The number of hydrogen-bond donors (Lipinski definition) is 0. The van der Waals surface area contributed by atoms with Gasteiger partial charge in [-0.05, 0) is 83.5 Å². The van der Waals surface area contributed by atoms with Gasteiger partial charge in [-0.15, -0.1) is 0 Å². The molecule has 0 aliphatic heterocycles. The van der Waals surface area contributed by atoms with Crippen LogP contribution in [0.3, 0.4) is 0 Å². The van der Waals surface area contributed by atoms with Crippen LogP contribution >= 0.6 is 0 Å². The molecule has 0 bridgehead atoms. The minimum atomic E-state index is -0.776. The summed E-state index contributed by atoms with van der Waals surface area (Å²) in [5.41, 5.74) is 0. The van der Waals surface area contributed by atoms with Crippen molar-refractivity contribution in [2.75, 3.05) is 13.2 Å². The van der Waals surface area contributed by atoms with Gasteiger partial charge in [0.25, 0.3) is 0 Å². The minimum absolute atomic E-state index is 0.0717. The van der Waals surface area contributed by atoms with Crippen molar-refractivity contribution in [1.29, 1.82) is 0 Å². The summed E-state index contributed by atoms with van der Waals surface area (Å²) in [5, 5.41) is 0. The largest absolute Gasteiger partial charge is 0.462 e. The molecule has 0 fully saturated rings. The van der Waals surface area contributed by atoms with Crippen molar-refractivity contribution in [3.63, 3.8) is 0 Å². The van der Waals surface area contributed by atoms with Crippen molar-refractivity contribution in [1.82, 2.24) is 0 Å². The predicted octanol–water partition coefficient (Wildman–Crippen LogP) is 23.3. The lowest BCUT2D eigenvalue weighted by Crippen LogP contribution is -2.30. The first kappa shape index (κ1) is 74.4. The van der Waals surface area contributed by atoms with E-state index in [0.29, 0.717) is 19.3 Å². The molecule has 0 rings (SSSR count). The number of carbonyl (C=O) groups excluding carboxylic acids is 3. The average Bonchev–Trinajstić information content (AvgIpc) is 3.43. The van der Waals surface area contributed by atoms with Gasteiger partial charge in [0.05, 0.1) is 0 Å². The topological polar surface area (TPSA) is 78.9 Å². The molecule has 0 amide bonds. The standard InChI is InChI=1S/C71H130O6/c1-4-7-10-13-16-19-22-25-28-31-32-33-34-35-36-37-38-41-43-46-49-52-55-58-61-64-70(73)76-67-68(77-71(74)65-62-59-56-53-50-47-44-40-30-27-24-21-18-15-12-9-6-3)66-75-69(72)63-60-57-54-51-48-45-42-39-29-26-23-20-17-14-11-8-5-2/h22,25,27,30-32,34-35,68H,4-21,23-24,26,28-29,33,36-67H2,1-3H3/b25-22-,30-27-,32-31-,35-34-. The van der Waals surface area contributed by atoms with Gasteiger partial charge < -0.3 is 14.2 Å². The number of allylic oxidation sites excluding steroid dienone is 8. The molecule has 0 saturated carbocycles. The van der Waals surface area contributed by atoms with Gasteiger partial charge in [0.1, 0.15) is 13.2 Å². The number of ether oxygens (including phenoxy) is 3. The monoisotopic (exact) mass is 1080 g/mol. The average molecular weight is 1080 g/mol. The number of esters is 3. The lowest BCUT2D eigenvalue weighted by atomic mass is 10.0. The molecule has 0 aromatic rings. The molecule has 0 heterocycles. The van der Waals surface area contributed by atoms with Crippen LogP contribution in [0, 0.1) is 0 Å². The van der Waals surface area contributed by atoms with Gasteiger partial charge in [-0.1, -0.05) is 313 Å². The Hall–Kier alpha value is -2.63. The van der Waals surface area contributed by atoms with Crippen LogP contribution in [0.5, 0.6) is 0 Å². The van der Waals surface area contributed by atoms with Crippen molar-refractivity contribution >= 4 is 17.9 Å². The summed E-state index contributed by atoms with van der Waals surface area (Å²) in [6, 6.07) is 0.